The third kappa shape index (κ3) is 5.58. The monoisotopic (exact) mass is 439 g/mol. The van der Waals surface area contributed by atoms with E-state index in [1.54, 1.807) is 25.3 Å². The molecule has 0 unspecified atom stereocenters. The Bertz CT molecular complexity index is 1040. The fourth-order valence-electron chi connectivity index (χ4n) is 3.87. The molecule has 1 fully saturated rings. The number of nitriles is 1. The average molecular weight is 440 g/mol. The number of ether oxygens (including phenoxy) is 1. The van der Waals surface area contributed by atoms with E-state index in [9.17, 15) is 19.6 Å². The number of aromatic nitrogens is 1. The standard InChI is InChI=1S/C23H29N5O4/c1-13(2)8-19(22(30)26-16(12-24)9-15-6-7-25-21(15)29)28-23(31)20-10-14-4-5-17(32-3)11-18(14)27-20/h4-5,10-11,13,15-16,19,27H,6-9H2,1-3H3,(H,25,29)(H,26,30)(H,28,31)/t15-,16-,19-/m0/s1. The van der Waals surface area contributed by atoms with E-state index in [1.807, 2.05) is 19.9 Å². The van der Waals surface area contributed by atoms with Crippen molar-refractivity contribution in [3.63, 3.8) is 0 Å². The summed E-state index contributed by atoms with van der Waals surface area (Å²) < 4.78 is 5.21. The number of carbonyl (C=O) groups excluding carboxylic acids is 3. The van der Waals surface area contributed by atoms with E-state index in [2.05, 4.69) is 27.0 Å². The average Bonchev–Trinajstić information content (AvgIpc) is 3.37. The van der Waals surface area contributed by atoms with Gasteiger partial charge in [0.15, 0.2) is 0 Å². The number of benzene rings is 1. The highest BCUT2D eigenvalue weighted by Gasteiger charge is 2.30. The van der Waals surface area contributed by atoms with Gasteiger partial charge in [-0.1, -0.05) is 13.8 Å². The van der Waals surface area contributed by atoms with Gasteiger partial charge in [-0.3, -0.25) is 14.4 Å². The minimum Gasteiger partial charge on any atom is -0.497 e. The maximum Gasteiger partial charge on any atom is 0.268 e. The van der Waals surface area contributed by atoms with Gasteiger partial charge in [0.2, 0.25) is 11.8 Å². The van der Waals surface area contributed by atoms with E-state index in [-0.39, 0.29) is 24.2 Å². The van der Waals surface area contributed by atoms with Gasteiger partial charge >= 0.3 is 0 Å². The van der Waals surface area contributed by atoms with Crippen molar-refractivity contribution in [2.45, 2.75) is 45.2 Å². The van der Waals surface area contributed by atoms with Crippen molar-refractivity contribution in [3.8, 4) is 11.8 Å². The highest BCUT2D eigenvalue weighted by atomic mass is 16.5. The number of hydrogen-bond donors (Lipinski definition) is 4. The molecule has 0 radical (unpaired) electrons. The number of H-pyrrole nitrogens is 1. The van der Waals surface area contributed by atoms with E-state index in [0.717, 1.165) is 10.9 Å². The summed E-state index contributed by atoms with van der Waals surface area (Å²) in [6.45, 7) is 4.48. The Kier molecular flexibility index (Phi) is 7.36. The number of methoxy groups -OCH3 is 1. The van der Waals surface area contributed by atoms with E-state index < -0.39 is 23.9 Å². The smallest absolute Gasteiger partial charge is 0.268 e. The molecule has 3 atom stereocenters. The second-order valence-corrected chi connectivity index (χ2v) is 8.49. The summed E-state index contributed by atoms with van der Waals surface area (Å²) in [5.74, 6) is -0.427. The van der Waals surface area contributed by atoms with Crippen LogP contribution >= 0.6 is 0 Å². The maximum atomic E-state index is 12.9. The molecule has 0 bridgehead atoms. The van der Waals surface area contributed by atoms with Crippen LogP contribution in [0.15, 0.2) is 24.3 Å². The van der Waals surface area contributed by atoms with Crippen LogP contribution < -0.4 is 20.7 Å². The molecule has 9 nitrogen and oxygen atoms in total. The zero-order valence-electron chi connectivity index (χ0n) is 18.5. The fraction of sp³-hybridized carbons (Fsp3) is 0.478. The molecule has 2 aromatic rings. The molecule has 1 aliphatic rings. The van der Waals surface area contributed by atoms with Crippen LogP contribution in [0.25, 0.3) is 10.9 Å². The number of amides is 3. The van der Waals surface area contributed by atoms with Gasteiger partial charge < -0.3 is 25.7 Å². The Labute approximate surface area is 186 Å². The number of fused-ring (bicyclic) bond motifs is 1. The molecule has 32 heavy (non-hydrogen) atoms. The summed E-state index contributed by atoms with van der Waals surface area (Å²) >= 11 is 0. The first kappa shape index (κ1) is 23.1. The Balaban J connectivity index is 1.69. The molecule has 1 saturated heterocycles. The summed E-state index contributed by atoms with van der Waals surface area (Å²) in [6.07, 6.45) is 1.30. The largest absolute Gasteiger partial charge is 0.497 e. The quantitative estimate of drug-likeness (QED) is 0.473. The number of nitrogens with zero attached hydrogens (tertiary/aromatic N) is 1. The number of rotatable bonds is 9. The molecule has 2 heterocycles. The van der Waals surface area contributed by atoms with Crippen molar-refractivity contribution in [1.82, 2.24) is 20.9 Å². The lowest BCUT2D eigenvalue weighted by atomic mass is 9.98. The van der Waals surface area contributed by atoms with Crippen molar-refractivity contribution in [1.29, 1.82) is 5.26 Å². The summed E-state index contributed by atoms with van der Waals surface area (Å²) in [4.78, 5) is 40.7. The van der Waals surface area contributed by atoms with Crippen molar-refractivity contribution < 1.29 is 19.1 Å². The zero-order valence-corrected chi connectivity index (χ0v) is 18.5. The second-order valence-electron chi connectivity index (χ2n) is 8.49. The lowest BCUT2D eigenvalue weighted by molar-refractivity contribution is -0.125. The minimum absolute atomic E-state index is 0.0954. The van der Waals surface area contributed by atoms with Crippen LogP contribution in [0, 0.1) is 23.2 Å². The van der Waals surface area contributed by atoms with E-state index in [4.69, 9.17) is 4.74 Å². The SMILES string of the molecule is COc1ccc2cc(C(=O)N[C@@H](CC(C)C)C(=O)N[C@H](C#N)C[C@@H]3CCNC3=O)[nH]c2c1. The van der Waals surface area contributed by atoms with Gasteiger partial charge in [0.25, 0.3) is 5.91 Å². The Hall–Kier alpha value is -3.54. The van der Waals surface area contributed by atoms with Crippen LogP contribution in [0.5, 0.6) is 5.75 Å². The first-order valence-corrected chi connectivity index (χ1v) is 10.8. The van der Waals surface area contributed by atoms with Crippen LogP contribution in [0.2, 0.25) is 0 Å². The predicted octanol–water partition coefficient (Wildman–Crippen LogP) is 1.86. The summed E-state index contributed by atoms with van der Waals surface area (Å²) in [5, 5.41) is 18.5. The van der Waals surface area contributed by atoms with Gasteiger partial charge in [-0.15, -0.1) is 0 Å². The molecule has 4 N–H and O–H groups in total. The zero-order chi connectivity index (χ0) is 23.3. The van der Waals surface area contributed by atoms with Crippen molar-refractivity contribution >= 4 is 28.6 Å². The highest BCUT2D eigenvalue weighted by molar-refractivity contribution is 6.00. The molecule has 9 heteroatoms. The molecule has 1 aliphatic heterocycles. The van der Waals surface area contributed by atoms with Gasteiger partial charge in [-0.2, -0.15) is 5.26 Å². The Morgan fingerprint density at radius 3 is 2.69 bits per heavy atom. The molecule has 170 valence electrons. The molecule has 1 aromatic heterocycles. The molecule has 0 aliphatic carbocycles. The number of carbonyl (C=O) groups is 3. The number of aromatic amines is 1. The van der Waals surface area contributed by atoms with Crippen molar-refractivity contribution in [3.05, 3.63) is 30.0 Å². The topological polar surface area (TPSA) is 136 Å². The number of hydrogen-bond acceptors (Lipinski definition) is 5. The van der Waals surface area contributed by atoms with Gasteiger partial charge in [0, 0.05) is 29.4 Å². The minimum atomic E-state index is -0.809. The lowest BCUT2D eigenvalue weighted by Gasteiger charge is -2.22. The van der Waals surface area contributed by atoms with Gasteiger partial charge in [-0.25, -0.2) is 0 Å². The van der Waals surface area contributed by atoms with Crippen LogP contribution in [0.3, 0.4) is 0 Å². The van der Waals surface area contributed by atoms with Gasteiger partial charge in [0.05, 0.1) is 13.2 Å². The lowest BCUT2D eigenvalue weighted by Crippen LogP contribution is -2.50. The van der Waals surface area contributed by atoms with Crippen LogP contribution in [0.1, 0.15) is 43.6 Å². The Morgan fingerprint density at radius 1 is 1.28 bits per heavy atom. The Morgan fingerprint density at radius 2 is 2.06 bits per heavy atom. The first-order chi connectivity index (χ1) is 15.3. The van der Waals surface area contributed by atoms with Gasteiger partial charge in [-0.05, 0) is 43.4 Å². The highest BCUT2D eigenvalue weighted by Crippen LogP contribution is 2.21. The second kappa shape index (κ2) is 10.2. The van der Waals surface area contributed by atoms with Crippen LogP contribution in [0.4, 0.5) is 0 Å². The summed E-state index contributed by atoms with van der Waals surface area (Å²) in [6, 6.07) is 7.60. The van der Waals surface area contributed by atoms with E-state index in [1.165, 1.54) is 0 Å². The first-order valence-electron chi connectivity index (χ1n) is 10.8. The maximum absolute atomic E-state index is 12.9. The third-order valence-electron chi connectivity index (χ3n) is 5.56. The van der Waals surface area contributed by atoms with E-state index >= 15 is 0 Å². The van der Waals surface area contributed by atoms with Gasteiger partial charge in [0.1, 0.15) is 23.5 Å². The molecular weight excluding hydrogens is 410 g/mol. The molecule has 1 aromatic carbocycles. The van der Waals surface area contributed by atoms with Crippen molar-refractivity contribution in [2.24, 2.45) is 11.8 Å². The molecule has 0 spiro atoms. The fourth-order valence-corrected chi connectivity index (χ4v) is 3.87. The van der Waals surface area contributed by atoms with Crippen LogP contribution in [-0.2, 0) is 9.59 Å². The van der Waals surface area contributed by atoms with Crippen molar-refractivity contribution in [2.75, 3.05) is 13.7 Å². The molecular formula is C23H29N5O4. The third-order valence-corrected chi connectivity index (χ3v) is 5.56. The predicted molar refractivity (Wildman–Crippen MR) is 119 cm³/mol. The molecule has 3 amide bonds. The summed E-state index contributed by atoms with van der Waals surface area (Å²) in [7, 11) is 1.57. The molecule has 0 saturated carbocycles. The molecule has 3 rings (SSSR count). The summed E-state index contributed by atoms with van der Waals surface area (Å²) in [5.41, 5.74) is 1.08. The number of nitrogens with one attached hydrogen (secondary N) is 4. The van der Waals surface area contributed by atoms with Crippen LogP contribution in [-0.4, -0.2) is 48.4 Å². The van der Waals surface area contributed by atoms with E-state index in [0.29, 0.717) is 30.8 Å². The normalized spacial score (nSPS) is 17.5.